The summed E-state index contributed by atoms with van der Waals surface area (Å²) in [5, 5.41) is 0. The summed E-state index contributed by atoms with van der Waals surface area (Å²) >= 11 is 0. The Morgan fingerprint density at radius 1 is 1.57 bits per heavy atom. The molecule has 0 amide bonds. The van der Waals surface area contributed by atoms with Crippen LogP contribution in [0, 0.1) is 12.3 Å². The smallest absolute Gasteiger partial charge is 0.0792 e. The molecule has 0 aliphatic carbocycles. The molecule has 0 aromatic heterocycles. The second kappa shape index (κ2) is 6.83. The van der Waals surface area contributed by atoms with Gasteiger partial charge >= 0.3 is 0 Å². The molecule has 0 fully saturated rings. The van der Waals surface area contributed by atoms with Crippen LogP contribution in [0.4, 0.5) is 0 Å². The van der Waals surface area contributed by atoms with Crippen LogP contribution in [-0.4, -0.2) is 18.2 Å². The zero-order chi connectivity index (χ0) is 11.0. The maximum atomic E-state index is 5.62. The van der Waals surface area contributed by atoms with Gasteiger partial charge in [0.25, 0.3) is 0 Å². The third-order valence-corrected chi connectivity index (χ3v) is 2.37. The lowest BCUT2D eigenvalue weighted by Gasteiger charge is -2.33. The Kier molecular flexibility index (Phi) is 6.56. The van der Waals surface area contributed by atoms with Gasteiger partial charge in [0, 0.05) is 19.1 Å². The van der Waals surface area contributed by atoms with Crippen LogP contribution in [0.2, 0.25) is 0 Å². The normalized spacial score (nSPS) is 13.6. The summed E-state index contributed by atoms with van der Waals surface area (Å²) in [7, 11) is 0. The third kappa shape index (κ3) is 4.61. The lowest BCUT2D eigenvalue weighted by molar-refractivity contribution is -0.0404. The van der Waals surface area contributed by atoms with Crippen LogP contribution in [0.25, 0.3) is 0 Å². The summed E-state index contributed by atoms with van der Waals surface area (Å²) in [5.41, 5.74) is 2.55. The minimum Gasteiger partial charge on any atom is -0.374 e. The van der Waals surface area contributed by atoms with Crippen LogP contribution in [0.5, 0.6) is 0 Å². The number of hydrogen-bond donors (Lipinski definition) is 2. The molecule has 0 aromatic carbocycles. The standard InChI is InChI=1S/C11H22N2O/c1-5-7-8-9-10(13-12)11(3,4)14-6-2/h1,10,13H,6-9,12H2,2-4H3. The van der Waals surface area contributed by atoms with Crippen LogP contribution >= 0.6 is 0 Å². The molecule has 0 rings (SSSR count). The maximum absolute atomic E-state index is 5.62. The van der Waals surface area contributed by atoms with Gasteiger partial charge in [-0.3, -0.25) is 11.3 Å². The molecule has 1 atom stereocenters. The highest BCUT2D eigenvalue weighted by molar-refractivity contribution is 4.88. The molecule has 0 spiro atoms. The van der Waals surface area contributed by atoms with E-state index in [1.807, 2.05) is 20.8 Å². The molecule has 3 heteroatoms. The van der Waals surface area contributed by atoms with E-state index in [0.29, 0.717) is 6.61 Å². The molecule has 0 saturated carbocycles. The fourth-order valence-electron chi connectivity index (χ4n) is 1.51. The monoisotopic (exact) mass is 198 g/mol. The first-order valence-electron chi connectivity index (χ1n) is 5.12. The van der Waals surface area contributed by atoms with E-state index in [9.17, 15) is 0 Å². The van der Waals surface area contributed by atoms with Crippen molar-refractivity contribution in [2.24, 2.45) is 5.84 Å². The first-order valence-corrected chi connectivity index (χ1v) is 5.12. The predicted octanol–water partition coefficient (Wildman–Crippen LogP) is 1.44. The van der Waals surface area contributed by atoms with E-state index in [2.05, 4.69) is 11.3 Å². The zero-order valence-corrected chi connectivity index (χ0v) is 9.47. The van der Waals surface area contributed by atoms with Crippen molar-refractivity contribution in [3.8, 4) is 12.3 Å². The summed E-state index contributed by atoms with van der Waals surface area (Å²) in [6.45, 7) is 6.75. The third-order valence-electron chi connectivity index (χ3n) is 2.37. The summed E-state index contributed by atoms with van der Waals surface area (Å²) in [6.07, 6.45) is 7.90. The number of nitrogens with two attached hydrogens (primary N) is 1. The first kappa shape index (κ1) is 13.4. The van der Waals surface area contributed by atoms with Gasteiger partial charge in [0.15, 0.2) is 0 Å². The predicted molar refractivity (Wildman–Crippen MR) is 59.5 cm³/mol. The molecular weight excluding hydrogens is 176 g/mol. The fraction of sp³-hybridized carbons (Fsp3) is 0.818. The summed E-state index contributed by atoms with van der Waals surface area (Å²) in [5.74, 6) is 8.11. The summed E-state index contributed by atoms with van der Waals surface area (Å²) in [4.78, 5) is 0. The number of ether oxygens (including phenoxy) is 1. The van der Waals surface area contributed by atoms with Gasteiger partial charge in [-0.25, -0.2) is 0 Å². The van der Waals surface area contributed by atoms with Crippen molar-refractivity contribution in [3.63, 3.8) is 0 Å². The highest BCUT2D eigenvalue weighted by Crippen LogP contribution is 2.18. The minimum atomic E-state index is -0.238. The maximum Gasteiger partial charge on any atom is 0.0792 e. The Morgan fingerprint density at radius 2 is 2.21 bits per heavy atom. The Bertz CT molecular complexity index is 184. The van der Waals surface area contributed by atoms with Gasteiger partial charge in [-0.05, 0) is 33.6 Å². The number of nitrogens with one attached hydrogen (secondary N) is 1. The van der Waals surface area contributed by atoms with Crippen molar-refractivity contribution in [2.45, 2.75) is 51.7 Å². The second-order valence-electron chi connectivity index (χ2n) is 3.85. The van der Waals surface area contributed by atoms with Gasteiger partial charge in [0.1, 0.15) is 0 Å². The Balaban J connectivity index is 4.04. The Morgan fingerprint density at radius 3 is 2.64 bits per heavy atom. The molecule has 14 heavy (non-hydrogen) atoms. The van der Waals surface area contributed by atoms with E-state index in [-0.39, 0.29) is 11.6 Å². The SMILES string of the molecule is C#CCCCC(NN)C(C)(C)OCC. The van der Waals surface area contributed by atoms with Gasteiger partial charge in [-0.2, -0.15) is 0 Å². The number of hydrogen-bond acceptors (Lipinski definition) is 3. The van der Waals surface area contributed by atoms with E-state index in [4.69, 9.17) is 17.0 Å². The Hall–Kier alpha value is -0.560. The van der Waals surface area contributed by atoms with Crippen LogP contribution in [-0.2, 0) is 4.74 Å². The highest BCUT2D eigenvalue weighted by atomic mass is 16.5. The van der Waals surface area contributed by atoms with Crippen molar-refractivity contribution in [2.75, 3.05) is 6.61 Å². The highest BCUT2D eigenvalue weighted by Gasteiger charge is 2.28. The van der Waals surface area contributed by atoms with E-state index in [1.54, 1.807) is 0 Å². The van der Waals surface area contributed by atoms with Crippen molar-refractivity contribution in [1.29, 1.82) is 0 Å². The van der Waals surface area contributed by atoms with Crippen molar-refractivity contribution < 1.29 is 4.74 Å². The van der Waals surface area contributed by atoms with Crippen molar-refractivity contribution >= 4 is 0 Å². The van der Waals surface area contributed by atoms with Gasteiger partial charge in [0.2, 0.25) is 0 Å². The van der Waals surface area contributed by atoms with Gasteiger partial charge in [0.05, 0.1) is 5.60 Å². The Labute approximate surface area is 87.4 Å². The van der Waals surface area contributed by atoms with Crippen LogP contribution < -0.4 is 11.3 Å². The zero-order valence-electron chi connectivity index (χ0n) is 9.47. The molecule has 0 aliphatic heterocycles. The average Bonchev–Trinajstić information content (AvgIpc) is 2.12. The van der Waals surface area contributed by atoms with E-state index < -0.39 is 0 Å². The average molecular weight is 198 g/mol. The van der Waals surface area contributed by atoms with E-state index in [0.717, 1.165) is 19.3 Å². The number of unbranched alkanes of at least 4 members (excludes halogenated alkanes) is 1. The van der Waals surface area contributed by atoms with Crippen LogP contribution in [0.1, 0.15) is 40.0 Å². The van der Waals surface area contributed by atoms with E-state index in [1.165, 1.54) is 0 Å². The van der Waals surface area contributed by atoms with Crippen LogP contribution in [0.15, 0.2) is 0 Å². The lowest BCUT2D eigenvalue weighted by Crippen LogP contribution is -2.51. The molecule has 0 aromatic rings. The molecule has 3 nitrogen and oxygen atoms in total. The van der Waals surface area contributed by atoms with Crippen molar-refractivity contribution in [3.05, 3.63) is 0 Å². The molecule has 3 N–H and O–H groups in total. The number of rotatable bonds is 7. The number of hydrazine groups is 1. The van der Waals surface area contributed by atoms with Gasteiger partial charge < -0.3 is 4.74 Å². The molecule has 82 valence electrons. The quantitative estimate of drug-likeness (QED) is 0.282. The molecule has 0 bridgehead atoms. The fourth-order valence-corrected chi connectivity index (χ4v) is 1.51. The summed E-state index contributed by atoms with van der Waals surface area (Å²) in [6, 6.07) is 0.149. The van der Waals surface area contributed by atoms with Crippen molar-refractivity contribution in [1.82, 2.24) is 5.43 Å². The molecule has 1 unspecified atom stereocenters. The van der Waals surface area contributed by atoms with Gasteiger partial charge in [-0.1, -0.05) is 0 Å². The molecule has 0 aliphatic rings. The molecule has 0 saturated heterocycles. The number of terminal acetylenes is 1. The molecule has 0 radical (unpaired) electrons. The topological polar surface area (TPSA) is 47.3 Å². The summed E-state index contributed by atoms with van der Waals surface area (Å²) < 4.78 is 5.62. The van der Waals surface area contributed by atoms with Gasteiger partial charge in [-0.15, -0.1) is 12.3 Å². The van der Waals surface area contributed by atoms with E-state index >= 15 is 0 Å². The minimum absolute atomic E-state index is 0.149. The second-order valence-corrected chi connectivity index (χ2v) is 3.85. The van der Waals surface area contributed by atoms with Crippen LogP contribution in [0.3, 0.4) is 0 Å². The lowest BCUT2D eigenvalue weighted by atomic mass is 9.94. The molecule has 0 heterocycles. The largest absolute Gasteiger partial charge is 0.374 e. The molecular formula is C11H22N2O. The first-order chi connectivity index (χ1) is 6.58.